The Hall–Kier alpha value is -3.82. The van der Waals surface area contributed by atoms with Gasteiger partial charge in [-0.1, -0.05) is 36.4 Å². The molecule has 0 aliphatic rings. The molecular weight excluding hydrogens is 506 g/mol. The van der Waals surface area contributed by atoms with Gasteiger partial charge in [-0.25, -0.2) is 4.98 Å². The maximum absolute atomic E-state index is 12.9. The number of methoxy groups -OCH3 is 2. The first-order chi connectivity index (χ1) is 17.9. The number of aromatic nitrogens is 1. The van der Waals surface area contributed by atoms with E-state index in [1.165, 1.54) is 37.3 Å². The number of amides is 2. The fourth-order valence-corrected chi connectivity index (χ4v) is 5.37. The van der Waals surface area contributed by atoms with Gasteiger partial charge in [0.05, 0.1) is 25.2 Å². The van der Waals surface area contributed by atoms with Crippen LogP contribution >= 0.6 is 23.1 Å². The molecule has 37 heavy (non-hydrogen) atoms. The zero-order valence-electron chi connectivity index (χ0n) is 20.9. The standard InChI is InChI=1S/C28H27N3O4S2/c1-17-25(19-9-6-5-7-10-19)30-28(37-17)31-26(32)18(2)36-21-15-13-20(14-16-21)29-27(33)24-22(34-3)11-8-12-23(24)35-4/h5-16,18H,1-4H3,(H,29,33)(H,30,31,32). The molecule has 9 heteroatoms. The van der Waals surface area contributed by atoms with Crippen LogP contribution in [0, 0.1) is 6.92 Å². The fraction of sp³-hybridized carbons (Fsp3) is 0.179. The van der Waals surface area contributed by atoms with E-state index >= 15 is 0 Å². The van der Waals surface area contributed by atoms with E-state index in [0.29, 0.717) is 27.9 Å². The van der Waals surface area contributed by atoms with Gasteiger partial charge in [-0.05, 0) is 50.2 Å². The van der Waals surface area contributed by atoms with Crippen molar-refractivity contribution in [2.45, 2.75) is 24.0 Å². The van der Waals surface area contributed by atoms with Gasteiger partial charge in [0, 0.05) is 21.0 Å². The second-order valence-electron chi connectivity index (χ2n) is 8.06. The third kappa shape index (κ3) is 6.31. The average molecular weight is 534 g/mol. The van der Waals surface area contributed by atoms with E-state index in [1.54, 1.807) is 30.3 Å². The number of nitrogens with zero attached hydrogens (tertiary/aromatic N) is 1. The summed E-state index contributed by atoms with van der Waals surface area (Å²) < 4.78 is 10.6. The van der Waals surface area contributed by atoms with Gasteiger partial charge in [-0.3, -0.25) is 9.59 Å². The Kier molecular flexibility index (Phi) is 8.47. The molecule has 1 unspecified atom stereocenters. The highest BCUT2D eigenvalue weighted by atomic mass is 32.2. The molecule has 0 fully saturated rings. The van der Waals surface area contributed by atoms with E-state index < -0.39 is 0 Å². The number of rotatable bonds is 9. The molecule has 0 saturated heterocycles. The van der Waals surface area contributed by atoms with Gasteiger partial charge in [0.25, 0.3) is 5.91 Å². The fourth-order valence-electron chi connectivity index (χ4n) is 3.66. The Balaban J connectivity index is 1.37. The summed E-state index contributed by atoms with van der Waals surface area (Å²) in [5.41, 5.74) is 2.84. The van der Waals surface area contributed by atoms with Crippen molar-refractivity contribution in [2.75, 3.05) is 24.9 Å². The lowest BCUT2D eigenvalue weighted by Gasteiger charge is -2.14. The molecule has 0 spiro atoms. The van der Waals surface area contributed by atoms with Crippen molar-refractivity contribution < 1.29 is 19.1 Å². The summed E-state index contributed by atoms with van der Waals surface area (Å²) >= 11 is 2.89. The predicted octanol–water partition coefficient (Wildman–Crippen LogP) is 6.51. The summed E-state index contributed by atoms with van der Waals surface area (Å²) in [4.78, 5) is 32.3. The number of nitrogens with one attached hydrogen (secondary N) is 2. The minimum atomic E-state index is -0.345. The van der Waals surface area contributed by atoms with Crippen LogP contribution in [-0.4, -0.2) is 36.3 Å². The lowest BCUT2D eigenvalue weighted by molar-refractivity contribution is -0.115. The van der Waals surface area contributed by atoms with E-state index in [9.17, 15) is 9.59 Å². The van der Waals surface area contributed by atoms with E-state index in [1.807, 2.05) is 56.3 Å². The molecule has 2 amide bonds. The Morgan fingerprint density at radius 2 is 1.54 bits per heavy atom. The van der Waals surface area contributed by atoms with Crippen LogP contribution < -0.4 is 20.1 Å². The van der Waals surface area contributed by atoms with Crippen LogP contribution in [0.2, 0.25) is 0 Å². The Morgan fingerprint density at radius 3 is 2.16 bits per heavy atom. The third-order valence-electron chi connectivity index (χ3n) is 5.52. The van der Waals surface area contributed by atoms with Crippen molar-refractivity contribution in [3.05, 3.63) is 83.2 Å². The number of hydrogen-bond donors (Lipinski definition) is 2. The van der Waals surface area contributed by atoms with Gasteiger partial charge >= 0.3 is 0 Å². The number of anilines is 2. The first kappa shape index (κ1) is 26.2. The van der Waals surface area contributed by atoms with Gasteiger partial charge < -0.3 is 20.1 Å². The third-order valence-corrected chi connectivity index (χ3v) is 7.52. The maximum Gasteiger partial charge on any atom is 0.263 e. The summed E-state index contributed by atoms with van der Waals surface area (Å²) in [7, 11) is 3.01. The van der Waals surface area contributed by atoms with Crippen molar-refractivity contribution in [3.8, 4) is 22.8 Å². The van der Waals surface area contributed by atoms with E-state index in [0.717, 1.165) is 21.0 Å². The summed E-state index contributed by atoms with van der Waals surface area (Å²) in [6, 6.07) is 22.4. The number of carbonyl (C=O) groups excluding carboxylic acids is 2. The average Bonchev–Trinajstić information content (AvgIpc) is 3.29. The van der Waals surface area contributed by atoms with Crippen molar-refractivity contribution in [1.29, 1.82) is 0 Å². The van der Waals surface area contributed by atoms with E-state index in [-0.39, 0.29) is 17.1 Å². The number of carbonyl (C=O) groups is 2. The molecule has 4 rings (SSSR count). The molecule has 2 N–H and O–H groups in total. The molecule has 1 atom stereocenters. The molecule has 3 aromatic carbocycles. The van der Waals surface area contributed by atoms with Crippen molar-refractivity contribution in [1.82, 2.24) is 4.98 Å². The first-order valence-corrected chi connectivity index (χ1v) is 13.2. The quantitative estimate of drug-likeness (QED) is 0.239. The SMILES string of the molecule is COc1cccc(OC)c1C(=O)Nc1ccc(SC(C)C(=O)Nc2nc(-c3ccccc3)c(C)s2)cc1. The topological polar surface area (TPSA) is 89.5 Å². The Morgan fingerprint density at radius 1 is 0.892 bits per heavy atom. The van der Waals surface area contributed by atoms with Crippen LogP contribution in [0.25, 0.3) is 11.3 Å². The van der Waals surface area contributed by atoms with Crippen LogP contribution in [0.4, 0.5) is 10.8 Å². The normalized spacial score (nSPS) is 11.5. The molecular formula is C28H27N3O4S2. The zero-order chi connectivity index (χ0) is 26.4. The highest BCUT2D eigenvalue weighted by Gasteiger charge is 2.20. The minimum Gasteiger partial charge on any atom is -0.496 e. The number of aryl methyl sites for hydroxylation is 1. The number of thiazole rings is 1. The first-order valence-electron chi connectivity index (χ1n) is 11.5. The second kappa shape index (κ2) is 11.9. The zero-order valence-corrected chi connectivity index (χ0v) is 22.5. The number of benzene rings is 3. The molecule has 0 aliphatic heterocycles. The summed E-state index contributed by atoms with van der Waals surface area (Å²) in [6.45, 7) is 3.85. The van der Waals surface area contributed by atoms with Crippen molar-refractivity contribution in [2.24, 2.45) is 0 Å². The monoisotopic (exact) mass is 533 g/mol. The number of hydrogen-bond acceptors (Lipinski definition) is 7. The molecule has 1 aromatic heterocycles. The minimum absolute atomic E-state index is 0.126. The summed E-state index contributed by atoms with van der Waals surface area (Å²) in [5.74, 6) is 0.389. The van der Waals surface area contributed by atoms with E-state index in [2.05, 4.69) is 15.6 Å². The van der Waals surface area contributed by atoms with Crippen LogP contribution in [0.3, 0.4) is 0 Å². The lowest BCUT2D eigenvalue weighted by atomic mass is 10.1. The molecule has 190 valence electrons. The second-order valence-corrected chi connectivity index (χ2v) is 10.7. The van der Waals surface area contributed by atoms with Gasteiger partial charge in [0.1, 0.15) is 17.1 Å². The van der Waals surface area contributed by atoms with Crippen LogP contribution in [0.1, 0.15) is 22.2 Å². The summed E-state index contributed by atoms with van der Waals surface area (Å²) in [6.07, 6.45) is 0. The predicted molar refractivity (Wildman–Crippen MR) is 150 cm³/mol. The molecule has 7 nitrogen and oxygen atoms in total. The van der Waals surface area contributed by atoms with Gasteiger partial charge in [-0.15, -0.1) is 23.1 Å². The smallest absolute Gasteiger partial charge is 0.263 e. The largest absolute Gasteiger partial charge is 0.496 e. The van der Waals surface area contributed by atoms with Crippen LogP contribution in [-0.2, 0) is 4.79 Å². The van der Waals surface area contributed by atoms with Gasteiger partial charge in [0.15, 0.2) is 5.13 Å². The van der Waals surface area contributed by atoms with Crippen LogP contribution in [0.5, 0.6) is 11.5 Å². The molecule has 0 saturated carbocycles. The number of thioether (sulfide) groups is 1. The van der Waals surface area contributed by atoms with Crippen molar-refractivity contribution in [3.63, 3.8) is 0 Å². The highest BCUT2D eigenvalue weighted by molar-refractivity contribution is 8.00. The number of ether oxygens (including phenoxy) is 2. The lowest BCUT2D eigenvalue weighted by Crippen LogP contribution is -2.22. The van der Waals surface area contributed by atoms with Gasteiger partial charge in [-0.2, -0.15) is 0 Å². The molecule has 0 aliphatic carbocycles. The van der Waals surface area contributed by atoms with Crippen LogP contribution in [0.15, 0.2) is 77.7 Å². The summed E-state index contributed by atoms with van der Waals surface area (Å²) in [5, 5.41) is 6.04. The molecule has 0 bridgehead atoms. The van der Waals surface area contributed by atoms with Crippen molar-refractivity contribution >= 4 is 45.7 Å². The molecule has 0 radical (unpaired) electrons. The molecule has 4 aromatic rings. The molecule has 1 heterocycles. The van der Waals surface area contributed by atoms with E-state index in [4.69, 9.17) is 9.47 Å². The Labute approximate surface area is 224 Å². The van der Waals surface area contributed by atoms with Gasteiger partial charge in [0.2, 0.25) is 5.91 Å². The highest BCUT2D eigenvalue weighted by Crippen LogP contribution is 2.32. The maximum atomic E-state index is 12.9. The Bertz CT molecular complexity index is 1370.